The zero-order valence-corrected chi connectivity index (χ0v) is 12.6. The number of rotatable bonds is 4. The molecule has 1 aromatic rings. The van der Waals surface area contributed by atoms with Crippen LogP contribution in [0.15, 0.2) is 12.3 Å². The van der Waals surface area contributed by atoms with Crippen molar-refractivity contribution in [3.63, 3.8) is 0 Å². The van der Waals surface area contributed by atoms with Crippen LogP contribution < -0.4 is 11.1 Å². The zero-order valence-electron chi connectivity index (χ0n) is 11.8. The van der Waals surface area contributed by atoms with Crippen LogP contribution in [0.25, 0.3) is 0 Å². The molecule has 1 fully saturated rings. The van der Waals surface area contributed by atoms with Gasteiger partial charge in [0.2, 0.25) is 0 Å². The van der Waals surface area contributed by atoms with E-state index in [0.717, 1.165) is 22.9 Å². The summed E-state index contributed by atoms with van der Waals surface area (Å²) < 4.78 is 0. The minimum Gasteiger partial charge on any atom is -0.389 e. The van der Waals surface area contributed by atoms with E-state index < -0.39 is 0 Å². The lowest BCUT2D eigenvalue weighted by atomic mass is 9.84. The van der Waals surface area contributed by atoms with Gasteiger partial charge in [-0.2, -0.15) is 0 Å². The number of aromatic nitrogens is 1. The molecule has 1 aliphatic carbocycles. The van der Waals surface area contributed by atoms with E-state index in [1.54, 1.807) is 0 Å². The van der Waals surface area contributed by atoms with Crippen molar-refractivity contribution in [1.82, 2.24) is 4.98 Å². The first kappa shape index (κ1) is 14.3. The molecular formula is C15H23N3S. The Bertz CT molecular complexity index is 459. The summed E-state index contributed by atoms with van der Waals surface area (Å²) in [6, 6.07) is 2.45. The monoisotopic (exact) mass is 277 g/mol. The van der Waals surface area contributed by atoms with Crippen LogP contribution >= 0.6 is 12.2 Å². The standard InChI is InChI=1S/C15H23N3S/c1-3-11-5-4-6-12(9-11)18-15-13(14(16)19)10(2)7-8-17-15/h7-8,11-12H,3-6,9H2,1-2H3,(H2,16,19)(H,17,18). The van der Waals surface area contributed by atoms with E-state index in [9.17, 15) is 0 Å². The highest BCUT2D eigenvalue weighted by Gasteiger charge is 2.22. The van der Waals surface area contributed by atoms with E-state index in [0.29, 0.717) is 11.0 Å². The van der Waals surface area contributed by atoms with Gasteiger partial charge in [0.15, 0.2) is 0 Å². The molecule has 0 spiro atoms. The number of pyridine rings is 1. The van der Waals surface area contributed by atoms with E-state index in [1.807, 2.05) is 19.2 Å². The van der Waals surface area contributed by atoms with Gasteiger partial charge in [0.25, 0.3) is 0 Å². The summed E-state index contributed by atoms with van der Waals surface area (Å²) in [5.41, 5.74) is 7.82. The first-order valence-corrected chi connectivity index (χ1v) is 7.54. The smallest absolute Gasteiger partial charge is 0.136 e. The average molecular weight is 277 g/mol. The third kappa shape index (κ3) is 3.44. The van der Waals surface area contributed by atoms with Crippen LogP contribution in [0.4, 0.5) is 5.82 Å². The zero-order chi connectivity index (χ0) is 13.8. The maximum Gasteiger partial charge on any atom is 0.136 e. The maximum absolute atomic E-state index is 5.83. The van der Waals surface area contributed by atoms with E-state index in [-0.39, 0.29) is 0 Å². The van der Waals surface area contributed by atoms with Gasteiger partial charge in [-0.05, 0) is 37.3 Å². The molecule has 104 valence electrons. The molecule has 2 atom stereocenters. The van der Waals surface area contributed by atoms with Gasteiger partial charge < -0.3 is 11.1 Å². The predicted molar refractivity (Wildman–Crippen MR) is 84.5 cm³/mol. The summed E-state index contributed by atoms with van der Waals surface area (Å²) in [5.74, 6) is 1.69. The molecule has 2 rings (SSSR count). The van der Waals surface area contributed by atoms with Crippen molar-refractivity contribution >= 4 is 23.0 Å². The molecule has 1 saturated carbocycles. The number of anilines is 1. The van der Waals surface area contributed by atoms with Crippen molar-refractivity contribution in [3.8, 4) is 0 Å². The summed E-state index contributed by atoms with van der Waals surface area (Å²) in [6.07, 6.45) is 8.18. The second kappa shape index (κ2) is 6.33. The molecule has 0 bridgehead atoms. The molecule has 1 heterocycles. The van der Waals surface area contributed by atoms with Crippen molar-refractivity contribution < 1.29 is 0 Å². The van der Waals surface area contributed by atoms with Gasteiger partial charge in [-0.25, -0.2) is 4.98 Å². The van der Waals surface area contributed by atoms with Crippen LogP contribution in [0.3, 0.4) is 0 Å². The van der Waals surface area contributed by atoms with Crippen LogP contribution in [-0.4, -0.2) is 16.0 Å². The fraction of sp³-hybridized carbons (Fsp3) is 0.600. The van der Waals surface area contributed by atoms with Crippen molar-refractivity contribution in [2.75, 3.05) is 5.32 Å². The molecule has 19 heavy (non-hydrogen) atoms. The quantitative estimate of drug-likeness (QED) is 0.828. The Balaban J connectivity index is 2.14. The van der Waals surface area contributed by atoms with Gasteiger partial charge in [-0.15, -0.1) is 0 Å². The lowest BCUT2D eigenvalue weighted by molar-refractivity contribution is 0.327. The first-order chi connectivity index (χ1) is 9.11. The molecule has 0 aromatic carbocycles. The predicted octanol–water partition coefficient (Wildman–Crippen LogP) is 3.40. The number of aryl methyl sites for hydroxylation is 1. The van der Waals surface area contributed by atoms with Crippen LogP contribution in [0.1, 0.15) is 50.2 Å². The molecule has 3 N–H and O–H groups in total. The van der Waals surface area contributed by atoms with Gasteiger partial charge in [0.05, 0.1) is 5.56 Å². The Morgan fingerprint density at radius 3 is 3.00 bits per heavy atom. The second-order valence-electron chi connectivity index (χ2n) is 5.50. The molecule has 0 aliphatic heterocycles. The fourth-order valence-electron chi connectivity index (χ4n) is 2.96. The van der Waals surface area contributed by atoms with E-state index >= 15 is 0 Å². The van der Waals surface area contributed by atoms with E-state index in [2.05, 4.69) is 17.2 Å². The lowest BCUT2D eigenvalue weighted by Gasteiger charge is -2.30. The van der Waals surface area contributed by atoms with Crippen molar-refractivity contribution in [2.24, 2.45) is 11.7 Å². The van der Waals surface area contributed by atoms with Gasteiger partial charge in [-0.1, -0.05) is 38.4 Å². The summed E-state index contributed by atoms with van der Waals surface area (Å²) in [5, 5.41) is 3.56. The van der Waals surface area contributed by atoms with Crippen molar-refractivity contribution in [3.05, 3.63) is 23.4 Å². The Labute approximate surface area is 121 Å². The van der Waals surface area contributed by atoms with Crippen LogP contribution in [-0.2, 0) is 0 Å². The van der Waals surface area contributed by atoms with Gasteiger partial charge in [-0.3, -0.25) is 0 Å². The Morgan fingerprint density at radius 1 is 1.53 bits per heavy atom. The Hall–Kier alpha value is -1.16. The number of thiocarbonyl (C=S) groups is 1. The molecule has 3 nitrogen and oxygen atoms in total. The summed E-state index contributed by atoms with van der Waals surface area (Å²) in [4.78, 5) is 4.85. The summed E-state index contributed by atoms with van der Waals surface area (Å²) in [6.45, 7) is 4.30. The number of nitrogens with two attached hydrogens (primary N) is 1. The van der Waals surface area contributed by atoms with Crippen LogP contribution in [0, 0.1) is 12.8 Å². The molecule has 1 aromatic heterocycles. The van der Waals surface area contributed by atoms with Crippen LogP contribution in [0.2, 0.25) is 0 Å². The van der Waals surface area contributed by atoms with Crippen molar-refractivity contribution in [2.45, 2.75) is 52.0 Å². The number of hydrogen-bond acceptors (Lipinski definition) is 3. The SMILES string of the molecule is CCC1CCCC(Nc2nccc(C)c2C(N)=S)C1. The minimum atomic E-state index is 0.427. The average Bonchev–Trinajstić information content (AvgIpc) is 2.38. The highest BCUT2D eigenvalue weighted by atomic mass is 32.1. The highest BCUT2D eigenvalue weighted by Crippen LogP contribution is 2.29. The topological polar surface area (TPSA) is 50.9 Å². The molecular weight excluding hydrogens is 254 g/mol. The molecule has 1 aliphatic rings. The maximum atomic E-state index is 5.83. The second-order valence-corrected chi connectivity index (χ2v) is 5.94. The van der Waals surface area contributed by atoms with E-state index in [4.69, 9.17) is 18.0 Å². The van der Waals surface area contributed by atoms with Gasteiger partial charge in [0.1, 0.15) is 10.8 Å². The molecule has 2 unspecified atom stereocenters. The molecule has 0 radical (unpaired) electrons. The Kier molecular flexibility index (Phi) is 4.75. The van der Waals surface area contributed by atoms with Crippen LogP contribution in [0.5, 0.6) is 0 Å². The molecule has 0 saturated heterocycles. The Morgan fingerprint density at radius 2 is 2.32 bits per heavy atom. The normalized spacial score (nSPS) is 23.1. The fourth-order valence-corrected chi connectivity index (χ4v) is 3.22. The summed E-state index contributed by atoms with van der Waals surface area (Å²) in [7, 11) is 0. The number of nitrogens with zero attached hydrogens (tertiary/aromatic N) is 1. The molecule has 0 amide bonds. The first-order valence-electron chi connectivity index (χ1n) is 7.13. The van der Waals surface area contributed by atoms with Gasteiger partial charge >= 0.3 is 0 Å². The molecule has 4 heteroatoms. The highest BCUT2D eigenvalue weighted by molar-refractivity contribution is 7.80. The third-order valence-electron chi connectivity index (χ3n) is 4.11. The van der Waals surface area contributed by atoms with Gasteiger partial charge in [0, 0.05) is 12.2 Å². The third-order valence-corrected chi connectivity index (χ3v) is 4.31. The largest absolute Gasteiger partial charge is 0.389 e. The van der Waals surface area contributed by atoms with Crippen molar-refractivity contribution in [1.29, 1.82) is 0 Å². The lowest BCUT2D eigenvalue weighted by Crippen LogP contribution is -2.29. The van der Waals surface area contributed by atoms with E-state index in [1.165, 1.54) is 32.1 Å². The summed E-state index contributed by atoms with van der Waals surface area (Å²) >= 11 is 5.15. The number of hydrogen-bond donors (Lipinski definition) is 2. The number of nitrogens with one attached hydrogen (secondary N) is 1. The minimum absolute atomic E-state index is 0.427.